The normalized spacial score (nSPS) is 25.7. The van der Waals surface area contributed by atoms with Crippen LogP contribution >= 0.6 is 11.3 Å². The molecule has 1 aliphatic carbocycles. The van der Waals surface area contributed by atoms with E-state index in [1.54, 1.807) is 5.56 Å². The van der Waals surface area contributed by atoms with Gasteiger partial charge in [0.25, 0.3) is 0 Å². The molecule has 0 spiro atoms. The summed E-state index contributed by atoms with van der Waals surface area (Å²) >= 11 is 1.85. The fraction of sp³-hybridized carbons (Fsp3) is 0.733. The van der Waals surface area contributed by atoms with Gasteiger partial charge in [0.05, 0.1) is 0 Å². The summed E-state index contributed by atoms with van der Waals surface area (Å²) < 4.78 is 0. The number of rotatable bonds is 5. The monoisotopic (exact) mass is 251 g/mol. The Morgan fingerprint density at radius 2 is 2.18 bits per heavy atom. The summed E-state index contributed by atoms with van der Waals surface area (Å²) in [6.07, 6.45) is 8.34. The molecule has 0 amide bonds. The van der Waals surface area contributed by atoms with Crippen molar-refractivity contribution in [1.29, 1.82) is 0 Å². The van der Waals surface area contributed by atoms with Crippen LogP contribution in [-0.2, 0) is 0 Å². The molecule has 1 fully saturated rings. The van der Waals surface area contributed by atoms with Crippen molar-refractivity contribution < 1.29 is 0 Å². The van der Waals surface area contributed by atoms with Gasteiger partial charge in [-0.25, -0.2) is 0 Å². The lowest BCUT2D eigenvalue weighted by Crippen LogP contribution is -2.27. The summed E-state index contributed by atoms with van der Waals surface area (Å²) in [6, 6.07) is 2.34. The highest BCUT2D eigenvalue weighted by Gasteiger charge is 2.24. The second kappa shape index (κ2) is 7.17. The maximum Gasteiger partial charge on any atom is -0.00147 e. The highest BCUT2D eigenvalue weighted by atomic mass is 32.1. The molecular formula is C15H25NS. The van der Waals surface area contributed by atoms with Gasteiger partial charge < -0.3 is 5.32 Å². The van der Waals surface area contributed by atoms with E-state index in [9.17, 15) is 0 Å². The Balaban J connectivity index is 1.97. The molecule has 2 unspecified atom stereocenters. The Hall–Kier alpha value is -0.340. The van der Waals surface area contributed by atoms with Crippen LogP contribution in [0.1, 0.15) is 56.9 Å². The molecule has 1 aromatic rings. The molecule has 17 heavy (non-hydrogen) atoms. The van der Waals surface area contributed by atoms with Gasteiger partial charge in [-0.1, -0.05) is 26.2 Å². The van der Waals surface area contributed by atoms with Crippen LogP contribution in [0.15, 0.2) is 16.8 Å². The van der Waals surface area contributed by atoms with Crippen molar-refractivity contribution in [3.05, 3.63) is 22.4 Å². The minimum Gasteiger partial charge on any atom is -0.316 e. The number of nitrogens with one attached hydrogen (secondary N) is 1. The summed E-state index contributed by atoms with van der Waals surface area (Å²) in [7, 11) is 0. The van der Waals surface area contributed by atoms with Crippen molar-refractivity contribution in [3.63, 3.8) is 0 Å². The summed E-state index contributed by atoms with van der Waals surface area (Å²) in [5, 5.41) is 8.22. The molecule has 0 saturated heterocycles. The lowest BCUT2D eigenvalue weighted by atomic mass is 9.83. The fourth-order valence-corrected chi connectivity index (χ4v) is 3.74. The van der Waals surface area contributed by atoms with Crippen LogP contribution in [0.4, 0.5) is 0 Å². The zero-order valence-electron chi connectivity index (χ0n) is 11.0. The van der Waals surface area contributed by atoms with E-state index in [4.69, 9.17) is 0 Å². The first-order valence-electron chi connectivity index (χ1n) is 7.14. The SMILES string of the molecule is CCCNCC1CCCCCC1c1ccsc1. The van der Waals surface area contributed by atoms with Crippen LogP contribution in [0.25, 0.3) is 0 Å². The fourth-order valence-electron chi connectivity index (χ4n) is 3.02. The first-order valence-corrected chi connectivity index (χ1v) is 8.09. The average molecular weight is 251 g/mol. The molecule has 1 heterocycles. The van der Waals surface area contributed by atoms with Crippen molar-refractivity contribution in [3.8, 4) is 0 Å². The second-order valence-corrected chi connectivity index (χ2v) is 6.05. The van der Waals surface area contributed by atoms with Crippen LogP contribution < -0.4 is 5.32 Å². The van der Waals surface area contributed by atoms with E-state index in [1.807, 2.05) is 11.3 Å². The Morgan fingerprint density at radius 1 is 1.29 bits per heavy atom. The van der Waals surface area contributed by atoms with Crippen molar-refractivity contribution in [2.24, 2.45) is 5.92 Å². The van der Waals surface area contributed by atoms with E-state index in [0.29, 0.717) is 0 Å². The molecule has 96 valence electrons. The molecule has 1 aromatic heterocycles. The third-order valence-electron chi connectivity index (χ3n) is 3.96. The summed E-state index contributed by atoms with van der Waals surface area (Å²) in [5.41, 5.74) is 1.60. The van der Waals surface area contributed by atoms with E-state index in [-0.39, 0.29) is 0 Å². The molecule has 0 bridgehead atoms. The van der Waals surface area contributed by atoms with Gasteiger partial charge in [-0.05, 0) is 66.6 Å². The Morgan fingerprint density at radius 3 is 2.94 bits per heavy atom. The minimum absolute atomic E-state index is 0.813. The molecule has 1 nitrogen and oxygen atoms in total. The second-order valence-electron chi connectivity index (χ2n) is 5.27. The molecule has 2 heteroatoms. The van der Waals surface area contributed by atoms with E-state index in [0.717, 1.165) is 11.8 Å². The van der Waals surface area contributed by atoms with Crippen molar-refractivity contribution in [2.75, 3.05) is 13.1 Å². The first-order chi connectivity index (χ1) is 8.42. The van der Waals surface area contributed by atoms with Gasteiger partial charge in [0.1, 0.15) is 0 Å². The van der Waals surface area contributed by atoms with Crippen molar-refractivity contribution in [2.45, 2.75) is 51.4 Å². The standard InChI is InChI=1S/C15H25NS/c1-2-9-16-11-13-6-4-3-5-7-15(13)14-8-10-17-12-14/h8,10,12-13,15-16H,2-7,9,11H2,1H3. The van der Waals surface area contributed by atoms with Crippen LogP contribution in [0.2, 0.25) is 0 Å². The van der Waals surface area contributed by atoms with Gasteiger partial charge in [0.15, 0.2) is 0 Å². The van der Waals surface area contributed by atoms with Crippen molar-refractivity contribution >= 4 is 11.3 Å². The van der Waals surface area contributed by atoms with Crippen LogP contribution in [0.5, 0.6) is 0 Å². The largest absolute Gasteiger partial charge is 0.316 e. The molecule has 0 aliphatic heterocycles. The predicted octanol–water partition coefficient (Wildman–Crippen LogP) is 4.41. The van der Waals surface area contributed by atoms with Gasteiger partial charge >= 0.3 is 0 Å². The minimum atomic E-state index is 0.813. The molecule has 0 radical (unpaired) electrons. The average Bonchev–Trinajstić information content (AvgIpc) is 2.77. The summed E-state index contributed by atoms with van der Waals surface area (Å²) in [6.45, 7) is 4.64. The Bertz CT molecular complexity index is 294. The van der Waals surface area contributed by atoms with Crippen LogP contribution in [0, 0.1) is 5.92 Å². The highest BCUT2D eigenvalue weighted by molar-refractivity contribution is 7.07. The zero-order chi connectivity index (χ0) is 11.9. The van der Waals surface area contributed by atoms with Crippen LogP contribution in [-0.4, -0.2) is 13.1 Å². The summed E-state index contributed by atoms with van der Waals surface area (Å²) in [5.74, 6) is 1.67. The predicted molar refractivity (Wildman–Crippen MR) is 76.8 cm³/mol. The lowest BCUT2D eigenvalue weighted by Gasteiger charge is -2.25. The lowest BCUT2D eigenvalue weighted by molar-refractivity contribution is 0.376. The Labute approximate surface area is 110 Å². The number of thiophene rings is 1. The molecule has 1 aliphatic rings. The molecule has 1 saturated carbocycles. The molecule has 0 aromatic carbocycles. The smallest absolute Gasteiger partial charge is 0.00147 e. The quantitative estimate of drug-likeness (QED) is 0.604. The van der Waals surface area contributed by atoms with Gasteiger partial charge in [-0.3, -0.25) is 0 Å². The molecule has 2 atom stereocenters. The maximum atomic E-state index is 3.63. The Kier molecular flexibility index (Phi) is 5.53. The zero-order valence-corrected chi connectivity index (χ0v) is 11.8. The van der Waals surface area contributed by atoms with Gasteiger partial charge in [0.2, 0.25) is 0 Å². The molecular weight excluding hydrogens is 226 g/mol. The third kappa shape index (κ3) is 3.82. The van der Waals surface area contributed by atoms with Gasteiger partial charge in [0, 0.05) is 0 Å². The topological polar surface area (TPSA) is 12.0 Å². The third-order valence-corrected chi connectivity index (χ3v) is 4.67. The van der Waals surface area contributed by atoms with E-state index < -0.39 is 0 Å². The molecule has 2 rings (SSSR count). The van der Waals surface area contributed by atoms with E-state index in [2.05, 4.69) is 29.1 Å². The van der Waals surface area contributed by atoms with E-state index in [1.165, 1.54) is 51.6 Å². The number of hydrogen-bond donors (Lipinski definition) is 1. The number of hydrogen-bond acceptors (Lipinski definition) is 2. The van der Waals surface area contributed by atoms with Crippen molar-refractivity contribution in [1.82, 2.24) is 5.32 Å². The molecule has 1 N–H and O–H groups in total. The van der Waals surface area contributed by atoms with Gasteiger partial charge in [-0.15, -0.1) is 0 Å². The summed E-state index contributed by atoms with van der Waals surface area (Å²) in [4.78, 5) is 0. The van der Waals surface area contributed by atoms with Gasteiger partial charge in [-0.2, -0.15) is 11.3 Å². The highest BCUT2D eigenvalue weighted by Crippen LogP contribution is 2.37. The van der Waals surface area contributed by atoms with Crippen LogP contribution in [0.3, 0.4) is 0 Å². The van der Waals surface area contributed by atoms with E-state index >= 15 is 0 Å². The first kappa shape index (κ1) is 13.1. The maximum absolute atomic E-state index is 3.63.